The minimum absolute atomic E-state index is 0.923. The molecule has 0 aliphatic heterocycles. The zero-order valence-electron chi connectivity index (χ0n) is 19.8. The van der Waals surface area contributed by atoms with Crippen molar-refractivity contribution in [1.82, 2.24) is 0 Å². The molecule has 2 aliphatic rings. The van der Waals surface area contributed by atoms with E-state index >= 15 is 0 Å². The number of hydrogen-bond acceptors (Lipinski definition) is 0. The first kappa shape index (κ1) is 22.0. The van der Waals surface area contributed by atoms with E-state index in [-0.39, 0.29) is 0 Å². The van der Waals surface area contributed by atoms with Gasteiger partial charge in [-0.1, -0.05) is 0 Å². The Morgan fingerprint density at radius 2 is 1.41 bits per heavy atom. The average Bonchev–Trinajstić information content (AvgIpc) is 3.52. The third-order valence-corrected chi connectivity index (χ3v) is 26.2. The van der Waals surface area contributed by atoms with Crippen LogP contribution < -0.4 is 13.6 Å². The van der Waals surface area contributed by atoms with Crippen LogP contribution in [0.4, 0.5) is 0 Å². The molecule has 0 bridgehead atoms. The Bertz CT molecular complexity index is 1450. The van der Waals surface area contributed by atoms with Gasteiger partial charge in [-0.2, -0.15) is 0 Å². The molecular weight excluding hydrogens is 504 g/mol. The quantitative estimate of drug-likeness (QED) is 0.258. The predicted octanol–water partition coefficient (Wildman–Crippen LogP) is 5.77. The van der Waals surface area contributed by atoms with E-state index in [0.717, 1.165) is 12.8 Å². The third kappa shape index (κ3) is 3.88. The van der Waals surface area contributed by atoms with Gasteiger partial charge in [0.25, 0.3) is 0 Å². The van der Waals surface area contributed by atoms with Crippen molar-refractivity contribution in [1.29, 1.82) is 0 Å². The molecule has 2 heteroatoms. The molecule has 0 radical (unpaired) electrons. The minimum atomic E-state index is -2.35. The van der Waals surface area contributed by atoms with Crippen LogP contribution in [0.5, 0.6) is 0 Å². The normalized spacial score (nSPS) is 13.4. The number of aryl methyl sites for hydroxylation is 2. The average molecular weight is 532 g/mol. The first-order chi connectivity index (χ1) is 16.7. The van der Waals surface area contributed by atoms with E-state index in [4.69, 9.17) is 0 Å². The van der Waals surface area contributed by atoms with Crippen LogP contribution in [0.25, 0.3) is 11.1 Å². The molecule has 0 amide bonds. The molecule has 4 aromatic carbocycles. The topological polar surface area (TPSA) is 0 Å². The number of rotatable bonds is 4. The summed E-state index contributed by atoms with van der Waals surface area (Å²) in [6.45, 7) is 4.60. The van der Waals surface area contributed by atoms with Crippen LogP contribution in [-0.4, -0.2) is 5.43 Å². The first-order valence-corrected chi connectivity index (χ1v) is 19.8. The van der Waals surface area contributed by atoms with Gasteiger partial charge in [-0.15, -0.1) is 0 Å². The summed E-state index contributed by atoms with van der Waals surface area (Å²) in [6.07, 6.45) is 9.39. The number of hydrogen-bond donors (Lipinski definition) is 0. The second kappa shape index (κ2) is 9.25. The molecule has 0 N–H and O–H groups in total. The van der Waals surface area contributed by atoms with E-state index in [2.05, 4.69) is 123 Å². The van der Waals surface area contributed by atoms with Crippen LogP contribution in [0.15, 0.2) is 113 Å². The fourth-order valence-corrected chi connectivity index (χ4v) is 26.9. The van der Waals surface area contributed by atoms with Crippen LogP contribution >= 0.6 is 0 Å². The monoisotopic (exact) mass is 530 g/mol. The van der Waals surface area contributed by atoms with Crippen molar-refractivity contribution in [3.8, 4) is 11.1 Å². The van der Waals surface area contributed by atoms with Gasteiger partial charge in [0.05, 0.1) is 0 Å². The van der Waals surface area contributed by atoms with Gasteiger partial charge in [-0.3, -0.25) is 0 Å². The van der Waals surface area contributed by atoms with Crippen molar-refractivity contribution < 1.29 is 20.4 Å². The van der Waals surface area contributed by atoms with Gasteiger partial charge in [0.2, 0.25) is 0 Å². The summed E-state index contributed by atoms with van der Waals surface area (Å²) < 4.78 is 3.53. The van der Waals surface area contributed by atoms with Crippen molar-refractivity contribution in [2.24, 2.45) is 0 Å². The van der Waals surface area contributed by atoms with Crippen molar-refractivity contribution in [2.45, 2.75) is 26.7 Å². The van der Waals surface area contributed by atoms with E-state index in [1.165, 1.54) is 27.8 Å². The standard InChI is InChI=1S/C15H13.C12H10Si.C5H5.Zr/c1-10-3-5-14-12(7-10)9-13-8-11(2)4-6-15(13)14;1-3-7-11(8-4-1)13-12-9-5-2-6-10-12;1-2-4-5-3-1;/h3-7H,9H2,1-2H3;1-10H;1-3H,4H2;. The Labute approximate surface area is 210 Å². The molecular formula is C32H28SiZr. The molecule has 6 rings (SSSR count). The van der Waals surface area contributed by atoms with Gasteiger partial charge in [0.15, 0.2) is 0 Å². The molecule has 0 spiro atoms. The molecule has 0 aromatic heterocycles. The number of allylic oxidation sites excluding steroid dienone is 4. The van der Waals surface area contributed by atoms with E-state index in [1.54, 1.807) is 22.5 Å². The van der Waals surface area contributed by atoms with Gasteiger partial charge in [-0.05, 0) is 0 Å². The molecule has 0 nitrogen and oxygen atoms in total. The van der Waals surface area contributed by atoms with Crippen molar-refractivity contribution in [3.63, 3.8) is 0 Å². The molecule has 34 heavy (non-hydrogen) atoms. The Morgan fingerprint density at radius 1 is 0.735 bits per heavy atom. The van der Waals surface area contributed by atoms with E-state index in [9.17, 15) is 0 Å². The zero-order valence-corrected chi connectivity index (χ0v) is 23.3. The van der Waals surface area contributed by atoms with Crippen LogP contribution in [0.3, 0.4) is 0 Å². The van der Waals surface area contributed by atoms with Gasteiger partial charge in [0, 0.05) is 0 Å². The second-order valence-corrected chi connectivity index (χ2v) is 22.6. The summed E-state index contributed by atoms with van der Waals surface area (Å²) in [6, 6.07) is 34.8. The summed E-state index contributed by atoms with van der Waals surface area (Å²) in [5, 5.41) is 3.15. The molecule has 0 heterocycles. The third-order valence-electron chi connectivity index (χ3n) is 7.16. The van der Waals surface area contributed by atoms with Crippen LogP contribution in [0, 0.1) is 13.8 Å². The number of fused-ring (bicyclic) bond motifs is 3. The van der Waals surface area contributed by atoms with E-state index in [1.807, 2.05) is 0 Å². The van der Waals surface area contributed by atoms with Crippen molar-refractivity contribution in [3.05, 3.63) is 135 Å². The fraction of sp³-hybridized carbons (Fsp3) is 0.125. The SMILES string of the molecule is Cc1ccc2c(c1)Cc1c-2ccc(C)[c]1[Zr]([C]1=CC=CC1)=[Si](c1ccccc1)c1ccccc1. The summed E-state index contributed by atoms with van der Waals surface area (Å²) in [7, 11) is 0. The molecule has 164 valence electrons. The molecule has 0 saturated carbocycles. The Hall–Kier alpha value is -2.54. The maximum atomic E-state index is 2.48. The Morgan fingerprint density at radius 3 is 2.06 bits per heavy atom. The molecule has 2 aliphatic carbocycles. The molecule has 0 atom stereocenters. The maximum absolute atomic E-state index is 2.48. The Kier molecular flexibility index (Phi) is 5.97. The molecule has 0 fully saturated rings. The predicted molar refractivity (Wildman–Crippen MR) is 144 cm³/mol. The first-order valence-electron chi connectivity index (χ1n) is 12.1. The Balaban J connectivity index is 1.70. The second-order valence-electron chi connectivity index (χ2n) is 9.43. The van der Waals surface area contributed by atoms with Crippen LogP contribution in [0.2, 0.25) is 0 Å². The molecule has 4 aromatic rings. The van der Waals surface area contributed by atoms with Gasteiger partial charge in [0.1, 0.15) is 0 Å². The summed E-state index contributed by atoms with van der Waals surface area (Å²) in [4.78, 5) is 0. The van der Waals surface area contributed by atoms with Gasteiger partial charge in [-0.25, -0.2) is 0 Å². The summed E-state index contributed by atoms with van der Waals surface area (Å²) in [5.41, 5.74) is 8.05. The summed E-state index contributed by atoms with van der Waals surface area (Å²) >= 11 is -2.35. The molecule has 0 saturated heterocycles. The van der Waals surface area contributed by atoms with Gasteiger partial charge >= 0.3 is 212 Å². The van der Waals surface area contributed by atoms with E-state index in [0.29, 0.717) is 0 Å². The zero-order chi connectivity index (χ0) is 23.1. The number of benzene rings is 4. The van der Waals surface area contributed by atoms with Gasteiger partial charge < -0.3 is 0 Å². The van der Waals surface area contributed by atoms with Crippen molar-refractivity contribution in [2.75, 3.05) is 0 Å². The van der Waals surface area contributed by atoms with Crippen LogP contribution in [0.1, 0.15) is 28.7 Å². The fourth-order valence-electron chi connectivity index (χ4n) is 5.61. The van der Waals surface area contributed by atoms with Crippen LogP contribution in [-0.2, 0) is 26.8 Å². The summed E-state index contributed by atoms with van der Waals surface area (Å²) in [5.74, 6) is 0. The molecule has 0 unspecified atom stereocenters. The van der Waals surface area contributed by atoms with Crippen molar-refractivity contribution >= 4 is 19.1 Å². The van der Waals surface area contributed by atoms with E-state index < -0.39 is 25.8 Å².